The minimum atomic E-state index is -3.30. The second-order valence-electron chi connectivity index (χ2n) is 4.06. The van der Waals surface area contributed by atoms with Crippen molar-refractivity contribution in [3.63, 3.8) is 0 Å². The predicted octanol–water partition coefficient (Wildman–Crippen LogP) is -0.168. The van der Waals surface area contributed by atoms with Gasteiger partial charge in [0.15, 0.2) is 0 Å². The van der Waals surface area contributed by atoms with Crippen molar-refractivity contribution in [2.75, 3.05) is 17.8 Å². The second-order valence-corrected chi connectivity index (χ2v) is 6.02. The van der Waals surface area contributed by atoms with E-state index in [0.29, 0.717) is 18.8 Å². The van der Waals surface area contributed by atoms with Crippen LogP contribution in [0, 0.1) is 6.92 Å². The number of nitrogens with one attached hydrogen (secondary N) is 2. The lowest BCUT2D eigenvalue weighted by Gasteiger charge is -2.12. The Morgan fingerprint density at radius 2 is 2.38 bits per heavy atom. The number of nitrogens with zero attached hydrogens (tertiary/aromatic N) is 2. The molecular weight excluding hydrogens is 228 g/mol. The minimum Gasteiger partial charge on any atom is -0.315 e. The third kappa shape index (κ3) is 2.19. The van der Waals surface area contributed by atoms with Crippen LogP contribution in [-0.4, -0.2) is 36.5 Å². The van der Waals surface area contributed by atoms with Crippen LogP contribution in [0.3, 0.4) is 0 Å². The van der Waals surface area contributed by atoms with Crippen molar-refractivity contribution in [2.45, 2.75) is 18.6 Å². The molecule has 0 radical (unpaired) electrons. The highest BCUT2D eigenvalue weighted by atomic mass is 32.2. The molecule has 0 saturated carbocycles. The van der Waals surface area contributed by atoms with E-state index in [1.807, 2.05) is 6.92 Å². The Balaban J connectivity index is 2.17. The van der Waals surface area contributed by atoms with E-state index in [0.717, 1.165) is 12.2 Å². The van der Waals surface area contributed by atoms with Gasteiger partial charge in [-0.15, -0.1) is 0 Å². The van der Waals surface area contributed by atoms with Gasteiger partial charge in [0.25, 0.3) is 0 Å². The zero-order valence-electron chi connectivity index (χ0n) is 9.40. The molecule has 0 aromatic carbocycles. The smallest absolute Gasteiger partial charge is 0.238 e. The number of hydrogen-bond donors (Lipinski definition) is 2. The molecule has 0 amide bonds. The zero-order chi connectivity index (χ0) is 11.8. The molecule has 0 spiro atoms. The molecular formula is C9H16N4O2S. The summed E-state index contributed by atoms with van der Waals surface area (Å²) in [5, 5.41) is 6.79. The lowest BCUT2D eigenvalue weighted by atomic mass is 10.4. The molecule has 16 heavy (non-hydrogen) atoms. The van der Waals surface area contributed by atoms with Gasteiger partial charge in [0, 0.05) is 19.7 Å². The standard InChI is InChI=1S/C9H16N4O2S/c1-7-5-9(13(2)11-7)12-16(14,15)8-3-4-10-6-8/h5,8,10,12H,3-4,6H2,1-2H3. The van der Waals surface area contributed by atoms with E-state index >= 15 is 0 Å². The number of aryl methyl sites for hydroxylation is 2. The number of hydrogen-bond acceptors (Lipinski definition) is 4. The monoisotopic (exact) mass is 244 g/mol. The summed E-state index contributed by atoms with van der Waals surface area (Å²) in [6.45, 7) is 3.11. The molecule has 1 aromatic rings. The number of aromatic nitrogens is 2. The fraction of sp³-hybridized carbons (Fsp3) is 0.667. The maximum absolute atomic E-state index is 12.0. The SMILES string of the molecule is Cc1cc(NS(=O)(=O)C2CCNC2)n(C)n1. The van der Waals surface area contributed by atoms with Crippen LogP contribution < -0.4 is 10.0 Å². The summed E-state index contributed by atoms with van der Waals surface area (Å²) in [5.74, 6) is 0.518. The molecule has 1 aliphatic heterocycles. The fourth-order valence-corrected chi connectivity index (χ4v) is 3.24. The molecule has 1 aliphatic rings. The Hall–Kier alpha value is -1.08. The fourth-order valence-electron chi connectivity index (χ4n) is 1.83. The lowest BCUT2D eigenvalue weighted by molar-refractivity contribution is 0.587. The van der Waals surface area contributed by atoms with E-state index in [9.17, 15) is 8.42 Å². The van der Waals surface area contributed by atoms with Crippen molar-refractivity contribution < 1.29 is 8.42 Å². The first-order chi connectivity index (χ1) is 7.49. The molecule has 0 aliphatic carbocycles. The number of rotatable bonds is 3. The van der Waals surface area contributed by atoms with Gasteiger partial charge < -0.3 is 5.32 Å². The van der Waals surface area contributed by atoms with E-state index in [1.165, 1.54) is 4.68 Å². The van der Waals surface area contributed by atoms with E-state index in [1.54, 1.807) is 13.1 Å². The molecule has 1 saturated heterocycles. The summed E-state index contributed by atoms with van der Waals surface area (Å²) in [4.78, 5) is 0. The van der Waals surface area contributed by atoms with Crippen molar-refractivity contribution in [2.24, 2.45) is 7.05 Å². The van der Waals surface area contributed by atoms with Crippen molar-refractivity contribution in [3.8, 4) is 0 Å². The Morgan fingerprint density at radius 3 is 2.88 bits per heavy atom. The number of anilines is 1. The Bertz CT molecular complexity index is 474. The summed E-state index contributed by atoms with van der Waals surface area (Å²) in [7, 11) is -1.58. The minimum absolute atomic E-state index is 0.345. The second kappa shape index (κ2) is 4.06. The average Bonchev–Trinajstić information content (AvgIpc) is 2.76. The summed E-state index contributed by atoms with van der Waals surface area (Å²) in [6, 6.07) is 1.72. The summed E-state index contributed by atoms with van der Waals surface area (Å²) < 4.78 is 28.1. The largest absolute Gasteiger partial charge is 0.315 e. The first-order valence-electron chi connectivity index (χ1n) is 5.22. The molecule has 6 nitrogen and oxygen atoms in total. The highest BCUT2D eigenvalue weighted by molar-refractivity contribution is 7.93. The summed E-state index contributed by atoms with van der Waals surface area (Å²) in [6.07, 6.45) is 0.659. The molecule has 0 bridgehead atoms. The molecule has 7 heteroatoms. The maximum atomic E-state index is 12.0. The molecule has 1 aromatic heterocycles. The van der Waals surface area contributed by atoms with Crippen molar-refractivity contribution in [3.05, 3.63) is 11.8 Å². The van der Waals surface area contributed by atoms with Crippen LogP contribution in [0.5, 0.6) is 0 Å². The maximum Gasteiger partial charge on any atom is 0.238 e. The first kappa shape index (κ1) is 11.4. The van der Waals surface area contributed by atoms with Crippen LogP contribution in [0.2, 0.25) is 0 Å². The van der Waals surface area contributed by atoms with Crippen molar-refractivity contribution >= 4 is 15.8 Å². The molecule has 90 valence electrons. The molecule has 1 unspecified atom stereocenters. The van der Waals surface area contributed by atoms with Crippen LogP contribution in [0.1, 0.15) is 12.1 Å². The van der Waals surface area contributed by atoms with Crippen LogP contribution in [0.25, 0.3) is 0 Å². The van der Waals surface area contributed by atoms with Gasteiger partial charge in [0.05, 0.1) is 10.9 Å². The zero-order valence-corrected chi connectivity index (χ0v) is 10.2. The third-order valence-corrected chi connectivity index (χ3v) is 4.48. The molecule has 2 heterocycles. The lowest BCUT2D eigenvalue weighted by Crippen LogP contribution is -2.30. The topological polar surface area (TPSA) is 76.0 Å². The van der Waals surface area contributed by atoms with Gasteiger partial charge in [-0.2, -0.15) is 5.10 Å². The summed E-state index contributed by atoms with van der Waals surface area (Å²) >= 11 is 0. The van der Waals surface area contributed by atoms with Gasteiger partial charge in [-0.1, -0.05) is 0 Å². The van der Waals surface area contributed by atoms with Gasteiger partial charge in [-0.25, -0.2) is 8.42 Å². The average molecular weight is 244 g/mol. The van der Waals surface area contributed by atoms with Crippen LogP contribution >= 0.6 is 0 Å². The van der Waals surface area contributed by atoms with Gasteiger partial charge in [-0.3, -0.25) is 9.40 Å². The summed E-state index contributed by atoms with van der Waals surface area (Å²) in [5.41, 5.74) is 0.796. The van der Waals surface area contributed by atoms with E-state index in [-0.39, 0.29) is 5.25 Å². The molecule has 2 rings (SSSR count). The van der Waals surface area contributed by atoms with Gasteiger partial charge in [-0.05, 0) is 19.9 Å². The molecule has 1 atom stereocenters. The van der Waals surface area contributed by atoms with Crippen molar-refractivity contribution in [1.82, 2.24) is 15.1 Å². The first-order valence-corrected chi connectivity index (χ1v) is 6.76. The number of sulfonamides is 1. The molecule has 1 fully saturated rings. The van der Waals surface area contributed by atoms with Crippen LogP contribution in [-0.2, 0) is 17.1 Å². The van der Waals surface area contributed by atoms with Crippen molar-refractivity contribution in [1.29, 1.82) is 0 Å². The predicted molar refractivity (Wildman–Crippen MR) is 61.8 cm³/mol. The van der Waals surface area contributed by atoms with E-state index in [2.05, 4.69) is 15.1 Å². The molecule has 2 N–H and O–H groups in total. The van der Waals surface area contributed by atoms with Crippen LogP contribution in [0.15, 0.2) is 6.07 Å². The van der Waals surface area contributed by atoms with E-state index in [4.69, 9.17) is 0 Å². The van der Waals surface area contributed by atoms with Crippen LogP contribution in [0.4, 0.5) is 5.82 Å². The Labute approximate surface area is 95.1 Å². The van der Waals surface area contributed by atoms with E-state index < -0.39 is 10.0 Å². The normalized spacial score (nSPS) is 21.2. The van der Waals surface area contributed by atoms with Gasteiger partial charge in [0.1, 0.15) is 5.82 Å². The highest BCUT2D eigenvalue weighted by Crippen LogP contribution is 2.15. The third-order valence-electron chi connectivity index (χ3n) is 2.70. The highest BCUT2D eigenvalue weighted by Gasteiger charge is 2.29. The van der Waals surface area contributed by atoms with Gasteiger partial charge >= 0.3 is 0 Å². The quantitative estimate of drug-likeness (QED) is 0.774. The Kier molecular flexibility index (Phi) is 2.90. The van der Waals surface area contributed by atoms with Gasteiger partial charge in [0.2, 0.25) is 10.0 Å². The Morgan fingerprint density at radius 1 is 1.62 bits per heavy atom.